The van der Waals surface area contributed by atoms with Crippen LogP contribution in [0.4, 0.5) is 0 Å². The van der Waals surface area contributed by atoms with Crippen LogP contribution in [-0.4, -0.2) is 39.0 Å². The number of carbonyl (C=O) groups is 1. The van der Waals surface area contributed by atoms with Crippen molar-refractivity contribution in [3.63, 3.8) is 0 Å². The van der Waals surface area contributed by atoms with E-state index >= 15 is 0 Å². The monoisotopic (exact) mass is 536 g/mol. The molecule has 2 aromatic carbocycles. The number of rotatable bonds is 18. The third kappa shape index (κ3) is 10.9. The van der Waals surface area contributed by atoms with E-state index < -0.39 is 0 Å². The van der Waals surface area contributed by atoms with Crippen molar-refractivity contribution in [3.05, 3.63) is 84.5 Å². The molecule has 0 aliphatic heterocycles. The van der Waals surface area contributed by atoms with Crippen LogP contribution in [0.5, 0.6) is 11.5 Å². The van der Waals surface area contributed by atoms with Crippen molar-refractivity contribution < 1.29 is 28.8 Å². The minimum atomic E-state index is -0.376. The summed E-state index contributed by atoms with van der Waals surface area (Å²) in [5.41, 5.74) is 4.15. The van der Waals surface area contributed by atoms with Gasteiger partial charge in [0.05, 0.1) is 26.4 Å². The highest BCUT2D eigenvalue weighted by Gasteiger charge is 2.24. The van der Waals surface area contributed by atoms with Gasteiger partial charge in [-0.15, -0.1) is 6.58 Å². The first-order chi connectivity index (χ1) is 19.1. The molecule has 6 nitrogen and oxygen atoms in total. The van der Waals surface area contributed by atoms with Crippen LogP contribution < -0.4 is 9.47 Å². The molecule has 1 aliphatic rings. The molecule has 39 heavy (non-hydrogen) atoms. The van der Waals surface area contributed by atoms with Crippen molar-refractivity contribution in [1.29, 1.82) is 0 Å². The van der Waals surface area contributed by atoms with Gasteiger partial charge >= 0.3 is 5.97 Å². The van der Waals surface area contributed by atoms with Gasteiger partial charge in [-0.2, -0.15) is 0 Å². The van der Waals surface area contributed by atoms with Crippen molar-refractivity contribution in [2.45, 2.75) is 70.1 Å². The number of unbranched alkanes of at least 4 members (excludes halogenated alkanes) is 2. The normalized spacial score (nSPS) is 16.8. The van der Waals surface area contributed by atoms with E-state index in [1.165, 1.54) is 48.4 Å². The van der Waals surface area contributed by atoms with Crippen LogP contribution in [0.25, 0.3) is 0 Å². The Morgan fingerprint density at radius 1 is 0.795 bits per heavy atom. The van der Waals surface area contributed by atoms with E-state index in [9.17, 15) is 4.79 Å². The summed E-state index contributed by atoms with van der Waals surface area (Å²) in [6, 6.07) is 15.1. The summed E-state index contributed by atoms with van der Waals surface area (Å²) >= 11 is 0. The lowest BCUT2D eigenvalue weighted by molar-refractivity contribution is -0.286. The number of hydrogen-bond acceptors (Lipinski definition) is 6. The Balaban J connectivity index is 1.35. The maximum absolute atomic E-state index is 11.1. The third-order valence-corrected chi connectivity index (χ3v) is 7.14. The average Bonchev–Trinajstić information content (AvgIpc) is 2.96. The molecule has 0 spiro atoms. The molecule has 2 aromatic rings. The lowest BCUT2D eigenvalue weighted by Gasteiger charge is -2.30. The summed E-state index contributed by atoms with van der Waals surface area (Å²) in [5, 5.41) is 0. The van der Waals surface area contributed by atoms with Gasteiger partial charge in [-0.3, -0.25) is 0 Å². The molecular weight excluding hydrogens is 492 g/mol. The van der Waals surface area contributed by atoms with Crippen LogP contribution >= 0.6 is 0 Å². The fourth-order valence-corrected chi connectivity index (χ4v) is 5.00. The Labute approximate surface area is 233 Å². The van der Waals surface area contributed by atoms with Crippen LogP contribution in [-0.2, 0) is 19.3 Å². The summed E-state index contributed by atoms with van der Waals surface area (Å²) in [4.78, 5) is 21.0. The van der Waals surface area contributed by atoms with Crippen LogP contribution in [0.15, 0.2) is 67.8 Å². The molecule has 0 atom stereocenters. The zero-order valence-electron chi connectivity index (χ0n) is 23.4. The molecular formula is C33H44O6. The van der Waals surface area contributed by atoms with E-state index in [0.29, 0.717) is 44.9 Å². The maximum Gasteiger partial charge on any atom is 0.330 e. The van der Waals surface area contributed by atoms with Crippen LogP contribution in [0.3, 0.4) is 0 Å². The number of benzene rings is 2. The summed E-state index contributed by atoms with van der Waals surface area (Å²) in [6.45, 7) is 11.8. The van der Waals surface area contributed by atoms with E-state index in [1.807, 2.05) is 0 Å². The molecule has 212 valence electrons. The van der Waals surface area contributed by atoms with Crippen molar-refractivity contribution >= 4 is 5.97 Å². The minimum absolute atomic E-state index is 0.376. The van der Waals surface area contributed by atoms with Gasteiger partial charge in [0.2, 0.25) is 0 Å². The zero-order valence-corrected chi connectivity index (χ0v) is 23.4. The molecule has 1 saturated carbocycles. The Kier molecular flexibility index (Phi) is 13.7. The molecule has 3 rings (SSSR count). The zero-order chi connectivity index (χ0) is 27.7. The second-order valence-electron chi connectivity index (χ2n) is 10.0. The smallest absolute Gasteiger partial charge is 0.330 e. The topological polar surface area (TPSA) is 63.2 Å². The van der Waals surface area contributed by atoms with E-state index in [0.717, 1.165) is 37.2 Å². The number of ether oxygens (including phenoxy) is 3. The second kappa shape index (κ2) is 17.5. The van der Waals surface area contributed by atoms with Crippen molar-refractivity contribution in [3.8, 4) is 11.5 Å². The van der Waals surface area contributed by atoms with Gasteiger partial charge in [0, 0.05) is 6.08 Å². The number of aryl methyl sites for hydroxylation is 1. The van der Waals surface area contributed by atoms with Gasteiger partial charge in [0.1, 0.15) is 18.1 Å². The van der Waals surface area contributed by atoms with Crippen molar-refractivity contribution in [1.82, 2.24) is 0 Å². The van der Waals surface area contributed by atoms with E-state index in [1.54, 1.807) is 6.08 Å². The van der Waals surface area contributed by atoms with Crippen LogP contribution in [0, 0.1) is 6.92 Å². The van der Waals surface area contributed by atoms with Crippen molar-refractivity contribution in [2.75, 3.05) is 33.0 Å². The Bertz CT molecular complexity index is 1010. The summed E-state index contributed by atoms with van der Waals surface area (Å²) < 4.78 is 16.8. The predicted octanol–water partition coefficient (Wildman–Crippen LogP) is 7.62. The molecule has 0 bridgehead atoms. The van der Waals surface area contributed by atoms with Crippen molar-refractivity contribution in [2.24, 2.45) is 0 Å². The molecule has 6 heteroatoms. The number of carbonyl (C=O) groups excluding carboxylic acids is 1. The SMILES string of the molecule is C=CCOOCCCCOc1ccc(C2CCC(c3ccc(OCCCCOC(=O)C=C)cc3C)CC2)cc1. The Morgan fingerprint density at radius 2 is 1.41 bits per heavy atom. The van der Waals surface area contributed by atoms with Gasteiger partial charge in [-0.25, -0.2) is 14.6 Å². The number of hydrogen-bond donors (Lipinski definition) is 0. The standard InChI is InChI=1S/C33H44O6/c1-4-20-38-39-24-9-8-21-35-30-16-14-28(15-17-30)27-10-12-29(13-11-27)32-19-18-31(25-26(32)3)36-22-6-7-23-37-33(34)5-2/h4-5,14-19,25,27,29H,1-2,6-13,20-24H2,3H3. The molecule has 1 aliphatic carbocycles. The molecule has 0 unspecified atom stereocenters. The highest BCUT2D eigenvalue weighted by atomic mass is 17.2. The summed E-state index contributed by atoms with van der Waals surface area (Å²) in [6.07, 6.45) is 11.1. The first-order valence-corrected chi connectivity index (χ1v) is 14.2. The fraction of sp³-hybridized carbons (Fsp3) is 0.485. The molecule has 0 saturated heterocycles. The highest BCUT2D eigenvalue weighted by Crippen LogP contribution is 2.42. The van der Waals surface area contributed by atoms with Gasteiger partial charge < -0.3 is 14.2 Å². The molecule has 0 N–H and O–H groups in total. The van der Waals surface area contributed by atoms with E-state index in [-0.39, 0.29) is 5.97 Å². The first kappa shape index (κ1) is 30.5. The fourth-order valence-electron chi connectivity index (χ4n) is 5.00. The van der Waals surface area contributed by atoms with Crippen LogP contribution in [0.1, 0.15) is 79.9 Å². The largest absolute Gasteiger partial charge is 0.494 e. The van der Waals surface area contributed by atoms with Gasteiger partial charge in [0.15, 0.2) is 0 Å². The maximum atomic E-state index is 11.1. The van der Waals surface area contributed by atoms with Crippen LogP contribution in [0.2, 0.25) is 0 Å². The number of esters is 1. The molecule has 0 radical (unpaired) electrons. The van der Waals surface area contributed by atoms with Gasteiger partial charge in [-0.05, 0) is 111 Å². The lowest BCUT2D eigenvalue weighted by Crippen LogP contribution is -2.13. The molecule has 0 amide bonds. The first-order valence-electron chi connectivity index (χ1n) is 14.2. The summed E-state index contributed by atoms with van der Waals surface area (Å²) in [7, 11) is 0. The van der Waals surface area contributed by atoms with Gasteiger partial charge in [-0.1, -0.05) is 30.9 Å². The summed E-state index contributed by atoms with van der Waals surface area (Å²) in [5.74, 6) is 2.66. The molecule has 1 fully saturated rings. The minimum Gasteiger partial charge on any atom is -0.494 e. The second-order valence-corrected chi connectivity index (χ2v) is 10.0. The average molecular weight is 537 g/mol. The third-order valence-electron chi connectivity index (χ3n) is 7.14. The van der Waals surface area contributed by atoms with Gasteiger partial charge in [0.25, 0.3) is 0 Å². The molecule has 0 aromatic heterocycles. The highest BCUT2D eigenvalue weighted by molar-refractivity contribution is 5.81. The Hall–Kier alpha value is -3.09. The quantitative estimate of drug-likeness (QED) is 0.0488. The predicted molar refractivity (Wildman–Crippen MR) is 154 cm³/mol. The molecule has 0 heterocycles. The Morgan fingerprint density at radius 3 is 2.08 bits per heavy atom. The van der Waals surface area contributed by atoms with E-state index in [4.69, 9.17) is 24.0 Å². The van der Waals surface area contributed by atoms with E-state index in [2.05, 4.69) is 62.5 Å². The lowest BCUT2D eigenvalue weighted by atomic mass is 9.75.